The average molecular weight is 231 g/mol. The van der Waals surface area contributed by atoms with E-state index in [-0.39, 0.29) is 5.76 Å². The van der Waals surface area contributed by atoms with Gasteiger partial charge in [0, 0.05) is 5.56 Å². The molecule has 3 heteroatoms. The Hall–Kier alpha value is -0.830. The molecule has 1 aromatic rings. The molecule has 0 aromatic heterocycles. The van der Waals surface area contributed by atoms with Crippen molar-refractivity contribution < 1.29 is 9.50 Å². The second-order valence-electron chi connectivity index (χ2n) is 2.53. The van der Waals surface area contributed by atoms with E-state index in [0.29, 0.717) is 10.0 Å². The Balaban J connectivity index is 3.33. The van der Waals surface area contributed by atoms with Crippen molar-refractivity contribution in [1.82, 2.24) is 0 Å². The van der Waals surface area contributed by atoms with Crippen molar-refractivity contribution in [3.63, 3.8) is 0 Å². The maximum absolute atomic E-state index is 12.9. The highest BCUT2D eigenvalue weighted by molar-refractivity contribution is 9.10. The first-order chi connectivity index (χ1) is 5.52. The third-order valence-corrected chi connectivity index (χ3v) is 2.19. The molecule has 1 rings (SSSR count). The minimum Gasteiger partial charge on any atom is -0.508 e. The van der Waals surface area contributed by atoms with Crippen molar-refractivity contribution >= 4 is 21.7 Å². The van der Waals surface area contributed by atoms with Crippen LogP contribution in [0.2, 0.25) is 0 Å². The van der Waals surface area contributed by atoms with Gasteiger partial charge in [-0.05, 0) is 40.5 Å². The Kier molecular flexibility index (Phi) is 2.52. The normalized spacial score (nSPS) is 9.92. The Morgan fingerprint density at radius 3 is 2.67 bits per heavy atom. The summed E-state index contributed by atoms with van der Waals surface area (Å²) in [5.74, 6) is -0.510. The van der Waals surface area contributed by atoms with Crippen LogP contribution < -0.4 is 0 Å². The van der Waals surface area contributed by atoms with Crippen LogP contribution in [0.3, 0.4) is 0 Å². The fourth-order valence-electron chi connectivity index (χ4n) is 0.957. The van der Waals surface area contributed by atoms with Gasteiger partial charge in [-0.15, -0.1) is 0 Å². The molecule has 64 valence electrons. The van der Waals surface area contributed by atoms with E-state index >= 15 is 0 Å². The molecule has 0 amide bonds. The summed E-state index contributed by atoms with van der Waals surface area (Å²) >= 11 is 3.04. The second-order valence-corrected chi connectivity index (χ2v) is 3.38. The molecule has 0 aliphatic rings. The molecule has 1 aromatic carbocycles. The van der Waals surface area contributed by atoms with Gasteiger partial charge in [0.25, 0.3) is 0 Å². The van der Waals surface area contributed by atoms with Gasteiger partial charge in [0.2, 0.25) is 0 Å². The Bertz CT molecular complexity index is 334. The van der Waals surface area contributed by atoms with Gasteiger partial charge >= 0.3 is 0 Å². The number of rotatable bonds is 1. The maximum atomic E-state index is 12.9. The smallest absolute Gasteiger partial charge is 0.138 e. The number of aliphatic hydroxyl groups is 1. The first-order valence-corrected chi connectivity index (χ1v) is 4.15. The molecule has 0 atom stereocenters. The van der Waals surface area contributed by atoms with Crippen molar-refractivity contribution in [1.29, 1.82) is 0 Å². The largest absolute Gasteiger partial charge is 0.508 e. The van der Waals surface area contributed by atoms with Gasteiger partial charge in [-0.3, -0.25) is 0 Å². The minimum atomic E-state index is -0.397. The zero-order valence-corrected chi connectivity index (χ0v) is 8.15. The van der Waals surface area contributed by atoms with Crippen molar-refractivity contribution in [2.75, 3.05) is 0 Å². The lowest BCUT2D eigenvalue weighted by molar-refractivity contribution is 0.511. The van der Waals surface area contributed by atoms with Crippen LogP contribution in [0.5, 0.6) is 0 Å². The summed E-state index contributed by atoms with van der Waals surface area (Å²) in [6, 6.07) is 2.85. The summed E-state index contributed by atoms with van der Waals surface area (Å²) in [4.78, 5) is 0. The molecular weight excluding hydrogens is 223 g/mol. The first kappa shape index (κ1) is 9.26. The first-order valence-electron chi connectivity index (χ1n) is 3.36. The molecule has 0 aliphatic carbocycles. The van der Waals surface area contributed by atoms with E-state index < -0.39 is 5.82 Å². The van der Waals surface area contributed by atoms with Crippen LogP contribution in [0.4, 0.5) is 4.39 Å². The van der Waals surface area contributed by atoms with Gasteiger partial charge in [0.05, 0.1) is 4.47 Å². The number of hydrogen-bond acceptors (Lipinski definition) is 1. The van der Waals surface area contributed by atoms with E-state index in [1.165, 1.54) is 6.07 Å². The Morgan fingerprint density at radius 2 is 2.17 bits per heavy atom. The topological polar surface area (TPSA) is 20.2 Å². The molecular formula is C9H8BrFO. The van der Waals surface area contributed by atoms with Gasteiger partial charge in [0.1, 0.15) is 11.6 Å². The zero-order valence-electron chi connectivity index (χ0n) is 6.56. The SMILES string of the molecule is C=C(O)c1cc(F)c(Br)cc1C. The molecule has 0 saturated carbocycles. The molecule has 0 bridgehead atoms. The second kappa shape index (κ2) is 3.27. The summed E-state index contributed by atoms with van der Waals surface area (Å²) in [5, 5.41) is 9.04. The number of halogens is 2. The summed E-state index contributed by atoms with van der Waals surface area (Å²) in [6.07, 6.45) is 0. The highest BCUT2D eigenvalue weighted by atomic mass is 79.9. The standard InChI is InChI=1S/C9H8BrFO/c1-5-3-8(10)9(11)4-7(5)6(2)12/h3-4,12H,2H2,1H3. The van der Waals surface area contributed by atoms with Crippen molar-refractivity contribution in [3.8, 4) is 0 Å². The third-order valence-electron chi connectivity index (χ3n) is 1.58. The van der Waals surface area contributed by atoms with Gasteiger partial charge in [-0.25, -0.2) is 4.39 Å². The molecule has 0 fully saturated rings. The fraction of sp³-hybridized carbons (Fsp3) is 0.111. The molecule has 1 N–H and O–H groups in total. The van der Waals surface area contributed by atoms with E-state index in [9.17, 15) is 4.39 Å². The Labute approximate surface area is 78.7 Å². The summed E-state index contributed by atoms with van der Waals surface area (Å²) < 4.78 is 13.3. The van der Waals surface area contributed by atoms with E-state index in [2.05, 4.69) is 22.5 Å². The lowest BCUT2D eigenvalue weighted by atomic mass is 10.1. The van der Waals surface area contributed by atoms with Crippen molar-refractivity contribution in [2.24, 2.45) is 0 Å². The van der Waals surface area contributed by atoms with Crippen LogP contribution in [-0.4, -0.2) is 5.11 Å². The van der Waals surface area contributed by atoms with Gasteiger partial charge in [-0.2, -0.15) is 0 Å². The number of hydrogen-bond donors (Lipinski definition) is 1. The van der Waals surface area contributed by atoms with Gasteiger partial charge < -0.3 is 5.11 Å². The quantitative estimate of drug-likeness (QED) is 0.734. The van der Waals surface area contributed by atoms with Gasteiger partial charge in [-0.1, -0.05) is 6.58 Å². The average Bonchev–Trinajstić information content (AvgIpc) is 1.96. The predicted octanol–water partition coefficient (Wildman–Crippen LogP) is 3.43. The molecule has 0 unspecified atom stereocenters. The molecule has 0 heterocycles. The van der Waals surface area contributed by atoms with E-state index in [1.54, 1.807) is 13.0 Å². The van der Waals surface area contributed by atoms with Crippen molar-refractivity contribution in [3.05, 3.63) is 40.1 Å². The lowest BCUT2D eigenvalue weighted by Gasteiger charge is -2.04. The van der Waals surface area contributed by atoms with Crippen LogP contribution >= 0.6 is 15.9 Å². The number of aliphatic hydroxyl groups excluding tert-OH is 1. The van der Waals surface area contributed by atoms with Crippen LogP contribution in [0.25, 0.3) is 5.76 Å². The van der Waals surface area contributed by atoms with E-state index in [0.717, 1.165) is 5.56 Å². The fourth-order valence-corrected chi connectivity index (χ4v) is 1.42. The third kappa shape index (κ3) is 1.67. The Morgan fingerprint density at radius 1 is 1.58 bits per heavy atom. The molecule has 12 heavy (non-hydrogen) atoms. The summed E-state index contributed by atoms with van der Waals surface area (Å²) in [6.45, 7) is 5.11. The maximum Gasteiger partial charge on any atom is 0.138 e. The molecule has 0 radical (unpaired) electrons. The van der Waals surface area contributed by atoms with Crippen LogP contribution in [0, 0.1) is 12.7 Å². The summed E-state index contributed by atoms with van der Waals surface area (Å²) in [7, 11) is 0. The highest BCUT2D eigenvalue weighted by Crippen LogP contribution is 2.23. The van der Waals surface area contributed by atoms with Crippen LogP contribution in [-0.2, 0) is 0 Å². The van der Waals surface area contributed by atoms with Gasteiger partial charge in [0.15, 0.2) is 0 Å². The van der Waals surface area contributed by atoms with Crippen molar-refractivity contribution in [2.45, 2.75) is 6.92 Å². The number of aryl methyl sites for hydroxylation is 1. The molecule has 1 nitrogen and oxygen atoms in total. The summed E-state index contributed by atoms with van der Waals surface area (Å²) in [5.41, 5.74) is 1.23. The minimum absolute atomic E-state index is 0.112. The highest BCUT2D eigenvalue weighted by Gasteiger charge is 2.06. The predicted molar refractivity (Wildman–Crippen MR) is 50.5 cm³/mol. The lowest BCUT2D eigenvalue weighted by Crippen LogP contribution is -1.89. The van der Waals surface area contributed by atoms with Crippen LogP contribution in [0.1, 0.15) is 11.1 Å². The molecule has 0 saturated heterocycles. The van der Waals surface area contributed by atoms with E-state index in [1.807, 2.05) is 0 Å². The molecule has 0 spiro atoms. The molecule has 0 aliphatic heterocycles. The number of benzene rings is 1. The zero-order chi connectivity index (χ0) is 9.30. The van der Waals surface area contributed by atoms with E-state index in [4.69, 9.17) is 5.11 Å². The monoisotopic (exact) mass is 230 g/mol. The van der Waals surface area contributed by atoms with Crippen LogP contribution in [0.15, 0.2) is 23.2 Å².